The van der Waals surface area contributed by atoms with Crippen molar-refractivity contribution in [1.29, 1.82) is 0 Å². The van der Waals surface area contributed by atoms with Crippen molar-refractivity contribution < 1.29 is 14.3 Å². The van der Waals surface area contributed by atoms with Crippen LogP contribution in [0.4, 0.5) is 0 Å². The number of hydrogen-bond donors (Lipinski definition) is 0. The summed E-state index contributed by atoms with van der Waals surface area (Å²) in [5.74, 6) is 0.889. The van der Waals surface area contributed by atoms with E-state index in [1.165, 1.54) is 0 Å². The molecule has 2 aromatic rings. The highest BCUT2D eigenvalue weighted by molar-refractivity contribution is 6.30. The molecule has 0 unspecified atom stereocenters. The Kier molecular flexibility index (Phi) is 8.34. The predicted molar refractivity (Wildman–Crippen MR) is 136 cm³/mol. The van der Waals surface area contributed by atoms with Gasteiger partial charge in [0, 0.05) is 82.2 Å². The Bertz CT molecular complexity index is 1030. The lowest BCUT2D eigenvalue weighted by Gasteiger charge is -2.40. The molecule has 2 atom stereocenters. The summed E-state index contributed by atoms with van der Waals surface area (Å²) in [5.41, 5.74) is 2.18. The molecule has 8 nitrogen and oxygen atoms in total. The van der Waals surface area contributed by atoms with Crippen molar-refractivity contribution in [3.63, 3.8) is 0 Å². The van der Waals surface area contributed by atoms with Gasteiger partial charge in [-0.25, -0.2) is 0 Å². The average Bonchev–Trinajstić information content (AvgIpc) is 3.16. The Balaban J connectivity index is 1.41. The maximum absolute atomic E-state index is 13.2. The number of hydrogen-bond acceptors (Lipinski definition) is 5. The van der Waals surface area contributed by atoms with E-state index >= 15 is 0 Å². The van der Waals surface area contributed by atoms with Gasteiger partial charge in [-0.05, 0) is 44.2 Å². The minimum absolute atomic E-state index is 0.0704. The molecule has 0 radical (unpaired) electrons. The summed E-state index contributed by atoms with van der Waals surface area (Å²) >= 11 is 6.16. The van der Waals surface area contributed by atoms with Crippen LogP contribution in [0.1, 0.15) is 30.5 Å². The van der Waals surface area contributed by atoms with E-state index in [9.17, 15) is 9.59 Å². The van der Waals surface area contributed by atoms with Crippen LogP contribution in [0.15, 0.2) is 30.5 Å². The normalized spacial score (nSPS) is 21.3. The molecule has 2 aliphatic rings. The zero-order chi connectivity index (χ0) is 24.9. The van der Waals surface area contributed by atoms with Gasteiger partial charge in [-0.2, -0.15) is 5.10 Å². The molecule has 2 aliphatic heterocycles. The van der Waals surface area contributed by atoms with Gasteiger partial charge in [0.05, 0.1) is 6.20 Å². The van der Waals surface area contributed by atoms with Crippen molar-refractivity contribution in [2.24, 2.45) is 13.0 Å². The lowest BCUT2D eigenvalue weighted by atomic mass is 9.90. The second-order valence-electron chi connectivity index (χ2n) is 9.77. The third kappa shape index (κ3) is 6.55. The van der Waals surface area contributed by atoms with E-state index in [0.717, 1.165) is 37.4 Å². The molecule has 4 rings (SSSR count). The number of ether oxygens (including phenoxy) is 1. The fourth-order valence-electron chi connectivity index (χ4n) is 4.90. The molecule has 2 saturated heterocycles. The number of aromatic nitrogens is 2. The maximum atomic E-state index is 13.2. The summed E-state index contributed by atoms with van der Waals surface area (Å²) in [7, 11) is 3.99. The molecule has 0 bridgehead atoms. The smallest absolute Gasteiger partial charge is 0.223 e. The number of rotatable bonds is 7. The number of carbonyl (C=O) groups excluding carboxylic acids is 2. The molecule has 9 heteroatoms. The van der Waals surface area contributed by atoms with Gasteiger partial charge >= 0.3 is 0 Å². The van der Waals surface area contributed by atoms with Crippen LogP contribution in [-0.2, 0) is 23.1 Å². The summed E-state index contributed by atoms with van der Waals surface area (Å²) in [4.78, 5) is 32.4. The number of halogens is 1. The quantitative estimate of drug-likeness (QED) is 0.583. The number of aryl methyl sites for hydroxylation is 2. The second kappa shape index (κ2) is 11.4. The zero-order valence-electron chi connectivity index (χ0n) is 21.0. The number of amides is 2. The van der Waals surface area contributed by atoms with Gasteiger partial charge in [0.1, 0.15) is 11.9 Å². The molecule has 3 heterocycles. The van der Waals surface area contributed by atoms with Crippen molar-refractivity contribution in [1.82, 2.24) is 24.5 Å². The molecule has 190 valence electrons. The molecular formula is C26H36ClN5O3. The Morgan fingerprint density at radius 2 is 1.86 bits per heavy atom. The third-order valence-corrected chi connectivity index (χ3v) is 7.57. The summed E-state index contributed by atoms with van der Waals surface area (Å²) in [6.07, 6.45) is 3.86. The molecule has 2 fully saturated rings. The number of likely N-dealkylation sites (N-methyl/N-ethyl adjacent to an activating group) is 1. The van der Waals surface area contributed by atoms with E-state index in [1.54, 1.807) is 6.07 Å². The van der Waals surface area contributed by atoms with Crippen LogP contribution in [0.3, 0.4) is 0 Å². The second-order valence-corrected chi connectivity index (χ2v) is 10.2. The molecular weight excluding hydrogens is 466 g/mol. The predicted octanol–water partition coefficient (Wildman–Crippen LogP) is 2.77. The van der Waals surface area contributed by atoms with Gasteiger partial charge in [0.25, 0.3) is 0 Å². The first-order valence-corrected chi connectivity index (χ1v) is 12.8. The molecule has 0 aliphatic carbocycles. The van der Waals surface area contributed by atoms with Crippen LogP contribution >= 0.6 is 11.6 Å². The highest BCUT2D eigenvalue weighted by Gasteiger charge is 2.35. The van der Waals surface area contributed by atoms with Gasteiger partial charge in [-0.1, -0.05) is 17.7 Å². The zero-order valence-corrected chi connectivity index (χ0v) is 21.7. The molecule has 1 aromatic heterocycles. The van der Waals surface area contributed by atoms with Crippen LogP contribution in [0.2, 0.25) is 5.02 Å². The summed E-state index contributed by atoms with van der Waals surface area (Å²) in [5, 5.41) is 4.89. The minimum Gasteiger partial charge on any atom is -0.490 e. The molecule has 0 spiro atoms. The van der Waals surface area contributed by atoms with Crippen molar-refractivity contribution in [3.8, 4) is 5.75 Å². The Morgan fingerprint density at radius 3 is 2.54 bits per heavy atom. The number of piperazine rings is 1. The van der Waals surface area contributed by atoms with Crippen molar-refractivity contribution in [2.45, 2.75) is 38.7 Å². The molecule has 2 amide bonds. The first kappa shape index (κ1) is 25.5. The summed E-state index contributed by atoms with van der Waals surface area (Å²) in [6.45, 7) is 6.43. The van der Waals surface area contributed by atoms with E-state index < -0.39 is 0 Å². The molecule has 0 N–H and O–H groups in total. The number of carbonyl (C=O) groups is 2. The highest BCUT2D eigenvalue weighted by atomic mass is 35.5. The number of likely N-dealkylation sites (tertiary alicyclic amines) is 1. The topological polar surface area (TPSA) is 70.9 Å². The van der Waals surface area contributed by atoms with E-state index in [-0.39, 0.29) is 23.8 Å². The highest BCUT2D eigenvalue weighted by Crippen LogP contribution is 2.28. The summed E-state index contributed by atoms with van der Waals surface area (Å²) < 4.78 is 8.15. The first-order chi connectivity index (χ1) is 16.8. The molecule has 1 aromatic carbocycles. The number of benzene rings is 1. The van der Waals surface area contributed by atoms with Crippen LogP contribution in [0.5, 0.6) is 5.75 Å². The largest absolute Gasteiger partial charge is 0.490 e. The number of nitrogens with zero attached hydrogens (tertiary/aromatic N) is 5. The fraction of sp³-hybridized carbons (Fsp3) is 0.577. The lowest BCUT2D eigenvalue weighted by Crippen LogP contribution is -2.51. The van der Waals surface area contributed by atoms with Gasteiger partial charge in [0.2, 0.25) is 11.8 Å². The monoisotopic (exact) mass is 501 g/mol. The van der Waals surface area contributed by atoms with E-state index in [0.29, 0.717) is 49.5 Å². The SMILES string of the molecule is Cc1c(CCC(=O)N2CC[C@H](Oc3cccc(Cl)c3)[C@@H](CC(=O)N3CCN(C)CC3)C2)cnn1C. The van der Waals surface area contributed by atoms with Gasteiger partial charge in [0.15, 0.2) is 0 Å². The van der Waals surface area contributed by atoms with E-state index in [4.69, 9.17) is 16.3 Å². The van der Waals surface area contributed by atoms with Gasteiger partial charge < -0.3 is 19.4 Å². The minimum atomic E-state index is -0.144. The lowest BCUT2D eigenvalue weighted by molar-refractivity contribution is -0.140. The van der Waals surface area contributed by atoms with Gasteiger partial charge in [-0.15, -0.1) is 0 Å². The van der Waals surface area contributed by atoms with Crippen LogP contribution < -0.4 is 4.74 Å². The molecule has 0 saturated carbocycles. The van der Waals surface area contributed by atoms with E-state index in [1.807, 2.05) is 52.8 Å². The van der Waals surface area contributed by atoms with Crippen LogP contribution in [0, 0.1) is 12.8 Å². The standard InChI is InChI=1S/C26H36ClN5O3/c1-19-20(17-28-30(19)3)7-8-25(33)32-10-9-24(35-23-6-4-5-22(27)16-23)21(18-32)15-26(34)31-13-11-29(2)12-14-31/h4-6,16-17,21,24H,7-15,18H2,1-3H3/t21-,24-/m0/s1. The summed E-state index contributed by atoms with van der Waals surface area (Å²) in [6, 6.07) is 7.36. The van der Waals surface area contributed by atoms with Crippen molar-refractivity contribution >= 4 is 23.4 Å². The van der Waals surface area contributed by atoms with Crippen LogP contribution in [-0.4, -0.2) is 88.7 Å². The first-order valence-electron chi connectivity index (χ1n) is 12.4. The fourth-order valence-corrected chi connectivity index (χ4v) is 5.08. The Labute approximate surface area is 212 Å². The number of piperidine rings is 1. The van der Waals surface area contributed by atoms with Gasteiger partial charge in [-0.3, -0.25) is 14.3 Å². The Hall–Kier alpha value is -2.58. The third-order valence-electron chi connectivity index (χ3n) is 7.34. The molecule has 35 heavy (non-hydrogen) atoms. The van der Waals surface area contributed by atoms with Crippen molar-refractivity contribution in [3.05, 3.63) is 46.7 Å². The average molecular weight is 502 g/mol. The van der Waals surface area contributed by atoms with Crippen molar-refractivity contribution in [2.75, 3.05) is 46.3 Å². The van der Waals surface area contributed by atoms with E-state index in [2.05, 4.69) is 17.0 Å². The van der Waals surface area contributed by atoms with Crippen LogP contribution in [0.25, 0.3) is 0 Å². The maximum Gasteiger partial charge on any atom is 0.223 e. The Morgan fingerprint density at radius 1 is 1.09 bits per heavy atom.